The molecule has 0 unspecified atom stereocenters. The van der Waals surface area contributed by atoms with Crippen molar-refractivity contribution in [3.63, 3.8) is 0 Å². The zero-order chi connectivity index (χ0) is 5.28. The first kappa shape index (κ1) is 4.91. The summed E-state index contributed by atoms with van der Waals surface area (Å²) in [4.78, 5) is 10.2. The Bertz CT molecular complexity index is 91.7. The molecule has 1 saturated heterocycles. The summed E-state index contributed by atoms with van der Waals surface area (Å²) in [6.07, 6.45) is 0.667. The number of hydrogen-bond acceptors (Lipinski definition) is 2. The molecule has 1 heterocycles. The van der Waals surface area contributed by atoms with E-state index in [0.717, 1.165) is 0 Å². The van der Waals surface area contributed by atoms with Crippen LogP contribution in [-0.4, -0.2) is 18.0 Å². The number of hydrogen-bond donors (Lipinski definition) is 0. The maximum Gasteiger partial charge on any atom is 0.324 e. The number of rotatable bonds is 0. The van der Waals surface area contributed by atoms with Crippen LogP contribution in [0.5, 0.6) is 0 Å². The highest BCUT2D eigenvalue weighted by Gasteiger charge is 2.22. The van der Waals surface area contributed by atoms with Crippen molar-refractivity contribution in [2.75, 3.05) is 6.61 Å². The highest BCUT2D eigenvalue weighted by molar-refractivity contribution is 6.30. The van der Waals surface area contributed by atoms with Crippen LogP contribution in [0.1, 0.15) is 6.42 Å². The van der Waals surface area contributed by atoms with Crippen LogP contribution in [0, 0.1) is 0 Å². The van der Waals surface area contributed by atoms with Crippen molar-refractivity contribution >= 4 is 17.6 Å². The maximum absolute atomic E-state index is 10.2. The molecule has 0 radical (unpaired) electrons. The van der Waals surface area contributed by atoms with Crippen molar-refractivity contribution in [3.05, 3.63) is 0 Å². The van der Waals surface area contributed by atoms with Crippen molar-refractivity contribution in [2.24, 2.45) is 0 Å². The van der Waals surface area contributed by atoms with Gasteiger partial charge in [-0.3, -0.25) is 4.79 Å². The molecule has 0 aromatic rings. The quantitative estimate of drug-likeness (QED) is 0.345. The summed E-state index contributed by atoms with van der Waals surface area (Å²) in [7, 11) is 0. The van der Waals surface area contributed by atoms with Crippen molar-refractivity contribution < 1.29 is 9.53 Å². The second-order valence-corrected chi connectivity index (χ2v) is 1.95. The average molecular weight is 121 g/mol. The van der Waals surface area contributed by atoms with E-state index in [0.29, 0.717) is 13.0 Å². The molecule has 40 valence electrons. The molecule has 1 aliphatic heterocycles. The van der Waals surface area contributed by atoms with Crippen LogP contribution in [0.25, 0.3) is 0 Å². The van der Waals surface area contributed by atoms with Crippen LogP contribution in [0.2, 0.25) is 0 Å². The van der Waals surface area contributed by atoms with Gasteiger partial charge in [0, 0.05) is 6.42 Å². The second kappa shape index (κ2) is 1.70. The van der Waals surface area contributed by atoms with Crippen LogP contribution in [0.15, 0.2) is 0 Å². The standard InChI is InChI=1S/C4H5ClO2/c5-3-1-2-7-4(3)6/h3H,1-2H2/t3-/m0/s1. The molecule has 1 atom stereocenters. The first-order valence-electron chi connectivity index (χ1n) is 2.11. The number of carbonyl (C=O) groups is 1. The van der Waals surface area contributed by atoms with Gasteiger partial charge in [0.2, 0.25) is 0 Å². The van der Waals surface area contributed by atoms with Crippen LogP contribution >= 0.6 is 11.6 Å². The van der Waals surface area contributed by atoms with E-state index in [4.69, 9.17) is 11.6 Å². The Morgan fingerprint density at radius 1 is 1.86 bits per heavy atom. The fourth-order valence-electron chi connectivity index (χ4n) is 0.471. The summed E-state index contributed by atoms with van der Waals surface area (Å²) in [6.45, 7) is 0.493. The van der Waals surface area contributed by atoms with Gasteiger partial charge in [0.1, 0.15) is 5.38 Å². The van der Waals surface area contributed by atoms with Gasteiger partial charge in [0.15, 0.2) is 0 Å². The Balaban J connectivity index is 2.48. The molecule has 3 heteroatoms. The normalized spacial score (nSPS) is 30.4. The summed E-state index contributed by atoms with van der Waals surface area (Å²) < 4.78 is 4.49. The Labute approximate surface area is 46.4 Å². The first-order valence-corrected chi connectivity index (χ1v) is 2.55. The van der Waals surface area contributed by atoms with Gasteiger partial charge in [-0.15, -0.1) is 11.6 Å². The van der Waals surface area contributed by atoms with E-state index in [1.54, 1.807) is 0 Å². The number of esters is 1. The summed E-state index contributed by atoms with van der Waals surface area (Å²) in [6, 6.07) is 0. The molecule has 0 bridgehead atoms. The predicted octanol–water partition coefficient (Wildman–Crippen LogP) is 0.541. The van der Waals surface area contributed by atoms with Gasteiger partial charge in [0.05, 0.1) is 6.61 Å². The fraction of sp³-hybridized carbons (Fsp3) is 0.750. The third-order valence-corrected chi connectivity index (χ3v) is 1.27. The van der Waals surface area contributed by atoms with E-state index in [2.05, 4.69) is 4.74 Å². The molecule has 1 aliphatic rings. The van der Waals surface area contributed by atoms with Crippen LogP contribution in [-0.2, 0) is 9.53 Å². The topological polar surface area (TPSA) is 26.3 Å². The molecule has 0 aromatic heterocycles. The van der Waals surface area contributed by atoms with Gasteiger partial charge in [-0.05, 0) is 0 Å². The molecule has 1 fully saturated rings. The Morgan fingerprint density at radius 3 is 2.71 bits per heavy atom. The minimum atomic E-state index is -0.375. The third kappa shape index (κ3) is 0.855. The second-order valence-electron chi connectivity index (χ2n) is 1.42. The highest BCUT2D eigenvalue weighted by Crippen LogP contribution is 2.11. The van der Waals surface area contributed by atoms with E-state index in [-0.39, 0.29) is 11.3 Å². The summed E-state index contributed by atoms with van der Waals surface area (Å²) in [5.41, 5.74) is 0. The predicted molar refractivity (Wildman–Crippen MR) is 25.2 cm³/mol. The van der Waals surface area contributed by atoms with E-state index in [1.807, 2.05) is 0 Å². The smallest absolute Gasteiger partial charge is 0.324 e. The minimum absolute atomic E-state index is 0.276. The van der Waals surface area contributed by atoms with Crippen LogP contribution < -0.4 is 0 Å². The first-order chi connectivity index (χ1) is 3.30. The number of halogens is 1. The van der Waals surface area contributed by atoms with Gasteiger partial charge < -0.3 is 4.74 Å². The average Bonchev–Trinajstić information content (AvgIpc) is 1.91. The lowest BCUT2D eigenvalue weighted by molar-refractivity contribution is -0.137. The molecular weight excluding hydrogens is 115 g/mol. The lowest BCUT2D eigenvalue weighted by atomic mass is 10.4. The third-order valence-electron chi connectivity index (χ3n) is 0.871. The molecule has 7 heavy (non-hydrogen) atoms. The number of alkyl halides is 1. The van der Waals surface area contributed by atoms with Crippen molar-refractivity contribution in [1.82, 2.24) is 0 Å². The molecule has 0 N–H and O–H groups in total. The maximum atomic E-state index is 10.2. The van der Waals surface area contributed by atoms with Crippen LogP contribution in [0.3, 0.4) is 0 Å². The molecule has 0 saturated carbocycles. The van der Waals surface area contributed by atoms with E-state index in [9.17, 15) is 4.79 Å². The molecule has 0 amide bonds. The molecule has 0 aromatic carbocycles. The number of ether oxygens (including phenoxy) is 1. The van der Waals surface area contributed by atoms with Gasteiger partial charge in [-0.2, -0.15) is 0 Å². The monoisotopic (exact) mass is 120 g/mol. The van der Waals surface area contributed by atoms with Gasteiger partial charge in [-0.1, -0.05) is 0 Å². The number of cyclic esters (lactones) is 1. The largest absolute Gasteiger partial charge is 0.465 e. The summed E-state index contributed by atoms with van der Waals surface area (Å²) in [5, 5.41) is -0.375. The molecule has 0 spiro atoms. The Morgan fingerprint density at radius 2 is 2.57 bits per heavy atom. The van der Waals surface area contributed by atoms with E-state index >= 15 is 0 Å². The zero-order valence-electron chi connectivity index (χ0n) is 3.69. The summed E-state index contributed by atoms with van der Waals surface area (Å²) in [5.74, 6) is -0.276. The van der Waals surface area contributed by atoms with Crippen molar-refractivity contribution in [1.29, 1.82) is 0 Å². The number of carbonyl (C=O) groups excluding carboxylic acids is 1. The van der Waals surface area contributed by atoms with Crippen molar-refractivity contribution in [2.45, 2.75) is 11.8 Å². The molecule has 0 aliphatic carbocycles. The van der Waals surface area contributed by atoms with Crippen LogP contribution in [0.4, 0.5) is 0 Å². The summed E-state index contributed by atoms with van der Waals surface area (Å²) >= 11 is 5.39. The molecular formula is C4H5ClO2. The molecule has 2 nitrogen and oxygen atoms in total. The lowest BCUT2D eigenvalue weighted by Crippen LogP contribution is -2.04. The van der Waals surface area contributed by atoms with E-state index < -0.39 is 0 Å². The lowest BCUT2D eigenvalue weighted by Gasteiger charge is -1.86. The highest BCUT2D eigenvalue weighted by atomic mass is 35.5. The van der Waals surface area contributed by atoms with E-state index in [1.165, 1.54) is 0 Å². The Hall–Kier alpha value is -0.240. The fourth-order valence-corrected chi connectivity index (χ4v) is 0.623. The SMILES string of the molecule is O=C1OCC[C@@H]1Cl. The minimum Gasteiger partial charge on any atom is -0.465 e. The Kier molecular flexibility index (Phi) is 1.19. The zero-order valence-corrected chi connectivity index (χ0v) is 4.44. The van der Waals surface area contributed by atoms with Crippen molar-refractivity contribution in [3.8, 4) is 0 Å². The molecule has 1 rings (SSSR count). The van der Waals surface area contributed by atoms with Gasteiger partial charge in [-0.25, -0.2) is 0 Å². The van der Waals surface area contributed by atoms with Gasteiger partial charge in [0.25, 0.3) is 0 Å². The van der Waals surface area contributed by atoms with Gasteiger partial charge >= 0.3 is 5.97 Å².